The lowest BCUT2D eigenvalue weighted by molar-refractivity contribution is 0.0985. The topological polar surface area (TPSA) is 72.6 Å². The predicted octanol–water partition coefficient (Wildman–Crippen LogP) is 4.54. The van der Waals surface area contributed by atoms with Crippen LogP contribution in [-0.4, -0.2) is 18.4 Å². The number of nitrogens with two attached hydrogens (primary N) is 1. The molecule has 0 saturated carbocycles. The summed E-state index contributed by atoms with van der Waals surface area (Å²) in [6, 6.07) is 19.6. The Balaban J connectivity index is 1.48. The normalized spacial score (nSPS) is 12.5. The van der Waals surface area contributed by atoms with Crippen LogP contribution < -0.4 is 15.4 Å². The van der Waals surface area contributed by atoms with Crippen LogP contribution in [0.4, 0.5) is 5.69 Å². The fourth-order valence-corrected chi connectivity index (χ4v) is 3.63. The van der Waals surface area contributed by atoms with Gasteiger partial charge in [-0.25, -0.2) is 0 Å². The number of rotatable bonds is 4. The van der Waals surface area contributed by atoms with Crippen molar-refractivity contribution in [3.8, 4) is 11.5 Å². The Morgan fingerprint density at radius 3 is 2.11 bits per heavy atom. The van der Waals surface area contributed by atoms with Crippen molar-refractivity contribution in [3.63, 3.8) is 0 Å². The van der Waals surface area contributed by atoms with E-state index in [0.29, 0.717) is 29.2 Å². The molecule has 1 aliphatic rings. The molecular formula is C22H17BrN2O3. The van der Waals surface area contributed by atoms with Gasteiger partial charge in [-0.3, -0.25) is 9.59 Å². The quantitative estimate of drug-likeness (QED) is 0.651. The summed E-state index contributed by atoms with van der Waals surface area (Å²) in [6.07, 6.45) is 0.850. The van der Waals surface area contributed by atoms with E-state index in [1.807, 2.05) is 12.1 Å². The van der Waals surface area contributed by atoms with Crippen LogP contribution in [0, 0.1) is 0 Å². The Hall–Kier alpha value is -3.12. The molecule has 5 nitrogen and oxygen atoms in total. The first-order valence-electron chi connectivity index (χ1n) is 8.79. The highest BCUT2D eigenvalue weighted by atomic mass is 79.9. The predicted molar refractivity (Wildman–Crippen MR) is 111 cm³/mol. The zero-order chi connectivity index (χ0) is 19.7. The SMILES string of the molecule is NC(=O)c1ccc(Oc2ccc(C(=O)N3CCc4cc(Br)ccc43)cc2)cc1. The molecule has 0 bridgehead atoms. The molecule has 0 aliphatic carbocycles. The standard InChI is InChI=1S/C22H17BrN2O3/c23-17-5-10-20-16(13-17)11-12-25(20)22(27)15-3-8-19(9-4-15)28-18-6-1-14(2-7-18)21(24)26/h1-10,13H,11-12H2,(H2,24,26). The summed E-state index contributed by atoms with van der Waals surface area (Å²) in [7, 11) is 0. The lowest BCUT2D eigenvalue weighted by atomic mass is 10.1. The number of primary amides is 1. The van der Waals surface area contributed by atoms with E-state index in [9.17, 15) is 9.59 Å². The van der Waals surface area contributed by atoms with Crippen LogP contribution >= 0.6 is 15.9 Å². The summed E-state index contributed by atoms with van der Waals surface area (Å²) in [5.74, 6) is 0.681. The van der Waals surface area contributed by atoms with E-state index in [-0.39, 0.29) is 5.91 Å². The molecule has 0 unspecified atom stereocenters. The van der Waals surface area contributed by atoms with Gasteiger partial charge in [0.2, 0.25) is 5.91 Å². The minimum atomic E-state index is -0.481. The number of anilines is 1. The number of benzene rings is 3. The second-order valence-corrected chi connectivity index (χ2v) is 7.41. The van der Waals surface area contributed by atoms with Gasteiger partial charge in [0.05, 0.1) is 0 Å². The molecule has 140 valence electrons. The van der Waals surface area contributed by atoms with Crippen molar-refractivity contribution < 1.29 is 14.3 Å². The molecule has 0 aromatic heterocycles. The van der Waals surface area contributed by atoms with Crippen LogP contribution in [0.25, 0.3) is 0 Å². The van der Waals surface area contributed by atoms with E-state index in [1.54, 1.807) is 53.4 Å². The van der Waals surface area contributed by atoms with Crippen LogP contribution in [0.5, 0.6) is 11.5 Å². The number of halogens is 1. The van der Waals surface area contributed by atoms with Crippen molar-refractivity contribution in [3.05, 3.63) is 87.9 Å². The summed E-state index contributed by atoms with van der Waals surface area (Å²) >= 11 is 3.47. The number of carbonyl (C=O) groups excluding carboxylic acids is 2. The zero-order valence-corrected chi connectivity index (χ0v) is 16.5. The summed E-state index contributed by atoms with van der Waals surface area (Å²) in [5, 5.41) is 0. The lowest BCUT2D eigenvalue weighted by Crippen LogP contribution is -2.28. The second-order valence-electron chi connectivity index (χ2n) is 6.49. The number of hydrogen-bond acceptors (Lipinski definition) is 3. The molecule has 1 aliphatic heterocycles. The molecule has 0 saturated heterocycles. The lowest BCUT2D eigenvalue weighted by Gasteiger charge is -2.17. The fraction of sp³-hybridized carbons (Fsp3) is 0.0909. The second kappa shape index (κ2) is 7.48. The number of nitrogens with zero attached hydrogens (tertiary/aromatic N) is 1. The molecule has 3 aromatic carbocycles. The molecule has 1 heterocycles. The van der Waals surface area contributed by atoms with Crippen LogP contribution in [0.15, 0.2) is 71.2 Å². The third-order valence-corrected chi connectivity index (χ3v) is 5.15. The first-order valence-corrected chi connectivity index (χ1v) is 9.58. The molecule has 2 N–H and O–H groups in total. The van der Waals surface area contributed by atoms with Crippen LogP contribution in [-0.2, 0) is 6.42 Å². The Kier molecular flexibility index (Phi) is 4.88. The third-order valence-electron chi connectivity index (χ3n) is 4.66. The molecule has 0 atom stereocenters. The molecule has 0 fully saturated rings. The molecule has 6 heteroatoms. The molecule has 2 amide bonds. The average Bonchev–Trinajstić information content (AvgIpc) is 3.11. The first kappa shape index (κ1) is 18.3. The number of fused-ring (bicyclic) bond motifs is 1. The van der Waals surface area contributed by atoms with Crippen LogP contribution in [0.2, 0.25) is 0 Å². The number of ether oxygens (including phenoxy) is 1. The maximum absolute atomic E-state index is 12.9. The summed E-state index contributed by atoms with van der Waals surface area (Å²) in [6.45, 7) is 0.676. The third kappa shape index (κ3) is 3.64. The Bertz CT molecular complexity index is 1050. The van der Waals surface area contributed by atoms with Crippen molar-refractivity contribution in [1.29, 1.82) is 0 Å². The van der Waals surface area contributed by atoms with Gasteiger partial charge in [0.25, 0.3) is 5.91 Å². The van der Waals surface area contributed by atoms with Gasteiger partial charge < -0.3 is 15.4 Å². The molecule has 4 rings (SSSR count). The maximum Gasteiger partial charge on any atom is 0.258 e. The molecule has 0 spiro atoms. The molecule has 0 radical (unpaired) electrons. The van der Waals surface area contributed by atoms with Crippen molar-refractivity contribution >= 4 is 33.4 Å². The maximum atomic E-state index is 12.9. The van der Waals surface area contributed by atoms with Crippen molar-refractivity contribution in [2.75, 3.05) is 11.4 Å². The summed E-state index contributed by atoms with van der Waals surface area (Å²) < 4.78 is 6.78. The monoisotopic (exact) mass is 436 g/mol. The van der Waals surface area contributed by atoms with Crippen molar-refractivity contribution in [1.82, 2.24) is 0 Å². The summed E-state index contributed by atoms with van der Waals surface area (Å²) in [5.41, 5.74) is 8.39. The van der Waals surface area contributed by atoms with Gasteiger partial charge in [0, 0.05) is 27.8 Å². The highest BCUT2D eigenvalue weighted by molar-refractivity contribution is 9.10. The van der Waals surface area contributed by atoms with E-state index in [0.717, 1.165) is 16.6 Å². The Morgan fingerprint density at radius 1 is 0.893 bits per heavy atom. The smallest absolute Gasteiger partial charge is 0.258 e. The molecular weight excluding hydrogens is 420 g/mol. The number of carbonyl (C=O) groups is 2. The minimum absolute atomic E-state index is 0.0292. The average molecular weight is 437 g/mol. The Morgan fingerprint density at radius 2 is 1.50 bits per heavy atom. The summed E-state index contributed by atoms with van der Waals surface area (Å²) in [4.78, 5) is 25.8. The number of hydrogen-bond donors (Lipinski definition) is 1. The molecule has 3 aromatic rings. The highest BCUT2D eigenvalue weighted by Crippen LogP contribution is 2.32. The van der Waals surface area contributed by atoms with Gasteiger partial charge >= 0.3 is 0 Å². The van der Waals surface area contributed by atoms with E-state index < -0.39 is 5.91 Å². The minimum Gasteiger partial charge on any atom is -0.457 e. The zero-order valence-electron chi connectivity index (χ0n) is 14.9. The van der Waals surface area contributed by atoms with Crippen molar-refractivity contribution in [2.24, 2.45) is 5.73 Å². The van der Waals surface area contributed by atoms with Gasteiger partial charge in [-0.1, -0.05) is 15.9 Å². The Labute approximate surface area is 170 Å². The van der Waals surface area contributed by atoms with Crippen LogP contribution in [0.3, 0.4) is 0 Å². The van der Waals surface area contributed by atoms with E-state index in [4.69, 9.17) is 10.5 Å². The first-order chi connectivity index (χ1) is 13.5. The van der Waals surface area contributed by atoms with Gasteiger partial charge in [-0.15, -0.1) is 0 Å². The van der Waals surface area contributed by atoms with E-state index in [1.165, 1.54) is 5.56 Å². The number of amides is 2. The van der Waals surface area contributed by atoms with E-state index >= 15 is 0 Å². The van der Waals surface area contributed by atoms with Crippen LogP contribution in [0.1, 0.15) is 26.3 Å². The van der Waals surface area contributed by atoms with Gasteiger partial charge in [-0.05, 0) is 78.7 Å². The van der Waals surface area contributed by atoms with Gasteiger partial charge in [0.15, 0.2) is 0 Å². The van der Waals surface area contributed by atoms with Crippen molar-refractivity contribution in [2.45, 2.75) is 6.42 Å². The van der Waals surface area contributed by atoms with Gasteiger partial charge in [0.1, 0.15) is 11.5 Å². The molecule has 28 heavy (non-hydrogen) atoms. The van der Waals surface area contributed by atoms with E-state index in [2.05, 4.69) is 22.0 Å². The fourth-order valence-electron chi connectivity index (χ4n) is 3.23. The highest BCUT2D eigenvalue weighted by Gasteiger charge is 2.25. The largest absolute Gasteiger partial charge is 0.457 e. The van der Waals surface area contributed by atoms with Gasteiger partial charge in [-0.2, -0.15) is 0 Å².